The van der Waals surface area contributed by atoms with E-state index in [2.05, 4.69) is 27.5 Å². The van der Waals surface area contributed by atoms with E-state index in [1.807, 2.05) is 25.1 Å². The van der Waals surface area contributed by atoms with Gasteiger partial charge in [0.25, 0.3) is 0 Å². The van der Waals surface area contributed by atoms with Crippen LogP contribution in [0.1, 0.15) is 29.5 Å². The van der Waals surface area contributed by atoms with Crippen molar-refractivity contribution in [2.24, 2.45) is 0 Å². The molecule has 2 aromatic rings. The standard InChI is InChI=1S/C19H25FN4/c1-12-8-15(9-13(2)18(12)20)19-14(3)10-17(22-23-19)21-16-6-5-7-24(4)11-16/h8-10,16H,5-7,11H2,1-4H3,(H,21,22)/t16-/m1/s1. The molecule has 0 saturated carbocycles. The van der Waals surface area contributed by atoms with Crippen molar-refractivity contribution in [1.82, 2.24) is 15.1 Å². The fourth-order valence-electron chi connectivity index (χ4n) is 3.42. The Kier molecular flexibility index (Phi) is 4.81. The van der Waals surface area contributed by atoms with Crippen molar-refractivity contribution >= 4 is 5.82 Å². The smallest absolute Gasteiger partial charge is 0.149 e. The first-order valence-electron chi connectivity index (χ1n) is 8.50. The van der Waals surface area contributed by atoms with Gasteiger partial charge in [0, 0.05) is 18.2 Å². The molecule has 1 aliphatic heterocycles. The molecule has 1 aromatic heterocycles. The van der Waals surface area contributed by atoms with Crippen molar-refractivity contribution in [3.05, 3.63) is 40.7 Å². The molecule has 1 N–H and O–H groups in total. The van der Waals surface area contributed by atoms with E-state index in [4.69, 9.17) is 0 Å². The number of likely N-dealkylation sites (tertiary alicyclic amines) is 1. The first-order chi connectivity index (χ1) is 11.4. The Hall–Kier alpha value is -2.01. The number of rotatable bonds is 3. The number of hydrogen-bond acceptors (Lipinski definition) is 4. The summed E-state index contributed by atoms with van der Waals surface area (Å²) >= 11 is 0. The zero-order valence-electron chi connectivity index (χ0n) is 14.9. The lowest BCUT2D eigenvalue weighted by molar-refractivity contribution is 0.260. The Morgan fingerprint density at radius 3 is 2.42 bits per heavy atom. The predicted octanol–water partition coefficient (Wildman–Crippen LogP) is 3.71. The first-order valence-corrected chi connectivity index (χ1v) is 8.50. The van der Waals surface area contributed by atoms with E-state index < -0.39 is 0 Å². The third-order valence-corrected chi connectivity index (χ3v) is 4.67. The highest BCUT2D eigenvalue weighted by atomic mass is 19.1. The van der Waals surface area contributed by atoms with Crippen LogP contribution in [0.15, 0.2) is 18.2 Å². The average molecular weight is 328 g/mol. The molecule has 1 aromatic carbocycles. The molecule has 5 heteroatoms. The Morgan fingerprint density at radius 2 is 1.79 bits per heavy atom. The third-order valence-electron chi connectivity index (χ3n) is 4.67. The quantitative estimate of drug-likeness (QED) is 0.932. The number of aromatic nitrogens is 2. The lowest BCUT2D eigenvalue weighted by Gasteiger charge is -2.30. The van der Waals surface area contributed by atoms with E-state index in [1.165, 1.54) is 6.42 Å². The zero-order valence-corrected chi connectivity index (χ0v) is 14.9. The van der Waals surface area contributed by atoms with E-state index in [0.717, 1.165) is 42.1 Å². The molecule has 1 saturated heterocycles. The highest BCUT2D eigenvalue weighted by molar-refractivity contribution is 5.65. The van der Waals surface area contributed by atoms with Crippen LogP contribution in [0.3, 0.4) is 0 Å². The van der Waals surface area contributed by atoms with Gasteiger partial charge in [-0.2, -0.15) is 0 Å². The molecular weight excluding hydrogens is 303 g/mol. The van der Waals surface area contributed by atoms with Gasteiger partial charge in [-0.25, -0.2) is 4.39 Å². The second-order valence-corrected chi connectivity index (χ2v) is 6.93. The molecule has 0 bridgehead atoms. The van der Waals surface area contributed by atoms with E-state index in [9.17, 15) is 4.39 Å². The van der Waals surface area contributed by atoms with Gasteiger partial charge < -0.3 is 10.2 Å². The molecule has 0 amide bonds. The molecule has 24 heavy (non-hydrogen) atoms. The summed E-state index contributed by atoms with van der Waals surface area (Å²) in [7, 11) is 2.15. The van der Waals surface area contributed by atoms with Crippen LogP contribution in [0.2, 0.25) is 0 Å². The van der Waals surface area contributed by atoms with Gasteiger partial charge in [0.15, 0.2) is 0 Å². The molecule has 3 rings (SSSR count). The van der Waals surface area contributed by atoms with E-state index in [-0.39, 0.29) is 5.82 Å². The third kappa shape index (κ3) is 3.56. The molecule has 0 radical (unpaired) electrons. The molecule has 1 aliphatic rings. The van der Waals surface area contributed by atoms with Crippen molar-refractivity contribution in [3.63, 3.8) is 0 Å². The van der Waals surface area contributed by atoms with Crippen molar-refractivity contribution in [2.75, 3.05) is 25.5 Å². The summed E-state index contributed by atoms with van der Waals surface area (Å²) in [4.78, 5) is 2.33. The second kappa shape index (κ2) is 6.85. The molecule has 1 atom stereocenters. The number of aryl methyl sites for hydroxylation is 3. The van der Waals surface area contributed by atoms with E-state index in [0.29, 0.717) is 17.2 Å². The minimum absolute atomic E-state index is 0.149. The summed E-state index contributed by atoms with van der Waals surface area (Å²) in [5, 5.41) is 12.2. The molecule has 2 heterocycles. The van der Waals surface area contributed by atoms with Gasteiger partial charge in [0.1, 0.15) is 11.6 Å². The highest BCUT2D eigenvalue weighted by Crippen LogP contribution is 2.26. The molecule has 128 valence electrons. The fraction of sp³-hybridized carbons (Fsp3) is 0.474. The molecule has 0 unspecified atom stereocenters. The minimum atomic E-state index is -0.149. The SMILES string of the molecule is Cc1cc(N[C@@H]2CCCN(C)C2)nnc1-c1cc(C)c(F)c(C)c1. The first kappa shape index (κ1) is 16.8. The zero-order chi connectivity index (χ0) is 17.3. The maximum Gasteiger partial charge on any atom is 0.149 e. The Bertz CT molecular complexity index is 721. The van der Waals surface area contributed by atoms with Gasteiger partial charge >= 0.3 is 0 Å². The summed E-state index contributed by atoms with van der Waals surface area (Å²) in [6.45, 7) is 7.77. The number of anilines is 1. The molecule has 1 fully saturated rings. The number of likely N-dealkylation sites (N-methyl/N-ethyl adjacent to an activating group) is 1. The Labute approximate surface area is 143 Å². The molecule has 0 aliphatic carbocycles. The summed E-state index contributed by atoms with van der Waals surface area (Å²) in [6.07, 6.45) is 2.36. The summed E-state index contributed by atoms with van der Waals surface area (Å²) in [6, 6.07) is 6.12. The van der Waals surface area contributed by atoms with Crippen molar-refractivity contribution < 1.29 is 4.39 Å². The summed E-state index contributed by atoms with van der Waals surface area (Å²) in [5.41, 5.74) is 4.05. The van der Waals surface area contributed by atoms with Crippen LogP contribution in [0.4, 0.5) is 10.2 Å². The van der Waals surface area contributed by atoms with Crippen LogP contribution in [-0.4, -0.2) is 41.3 Å². The van der Waals surface area contributed by atoms with Crippen LogP contribution in [0.25, 0.3) is 11.3 Å². The largest absolute Gasteiger partial charge is 0.365 e. The summed E-state index contributed by atoms with van der Waals surface area (Å²) < 4.78 is 13.8. The minimum Gasteiger partial charge on any atom is -0.365 e. The second-order valence-electron chi connectivity index (χ2n) is 6.93. The van der Waals surface area contributed by atoms with Crippen LogP contribution < -0.4 is 5.32 Å². The Balaban J connectivity index is 1.82. The number of nitrogens with zero attached hydrogens (tertiary/aromatic N) is 3. The monoisotopic (exact) mass is 328 g/mol. The van der Waals surface area contributed by atoms with Crippen molar-refractivity contribution in [1.29, 1.82) is 0 Å². The van der Waals surface area contributed by atoms with Crippen LogP contribution >= 0.6 is 0 Å². The van der Waals surface area contributed by atoms with E-state index in [1.54, 1.807) is 13.8 Å². The maximum absolute atomic E-state index is 13.8. The van der Waals surface area contributed by atoms with Crippen LogP contribution in [0, 0.1) is 26.6 Å². The Morgan fingerprint density at radius 1 is 1.08 bits per heavy atom. The topological polar surface area (TPSA) is 41.0 Å². The highest BCUT2D eigenvalue weighted by Gasteiger charge is 2.18. The van der Waals surface area contributed by atoms with Gasteiger partial charge in [0.05, 0.1) is 5.69 Å². The molecule has 0 spiro atoms. The molecular formula is C19H25FN4. The number of hydrogen-bond donors (Lipinski definition) is 1. The number of halogens is 1. The van der Waals surface area contributed by atoms with Crippen molar-refractivity contribution in [2.45, 2.75) is 39.7 Å². The van der Waals surface area contributed by atoms with Gasteiger partial charge in [-0.15, -0.1) is 10.2 Å². The van der Waals surface area contributed by atoms with Gasteiger partial charge in [0.2, 0.25) is 0 Å². The summed E-state index contributed by atoms with van der Waals surface area (Å²) in [5.74, 6) is 0.663. The van der Waals surface area contributed by atoms with Crippen molar-refractivity contribution in [3.8, 4) is 11.3 Å². The lowest BCUT2D eigenvalue weighted by atomic mass is 10.0. The molecule has 4 nitrogen and oxygen atoms in total. The van der Waals surface area contributed by atoms with E-state index >= 15 is 0 Å². The van der Waals surface area contributed by atoms with Crippen LogP contribution in [-0.2, 0) is 0 Å². The maximum atomic E-state index is 13.8. The average Bonchev–Trinajstić information content (AvgIpc) is 2.52. The number of benzene rings is 1. The van der Waals surface area contributed by atoms with Gasteiger partial charge in [-0.1, -0.05) is 0 Å². The van der Waals surface area contributed by atoms with Gasteiger partial charge in [-0.3, -0.25) is 0 Å². The predicted molar refractivity (Wildman–Crippen MR) is 95.8 cm³/mol. The van der Waals surface area contributed by atoms with Crippen LogP contribution in [0.5, 0.6) is 0 Å². The fourth-order valence-corrected chi connectivity index (χ4v) is 3.42. The number of piperidine rings is 1. The lowest BCUT2D eigenvalue weighted by Crippen LogP contribution is -2.39. The normalized spacial score (nSPS) is 18.6. The number of nitrogens with one attached hydrogen (secondary N) is 1. The van der Waals surface area contributed by atoms with Gasteiger partial charge in [-0.05, 0) is 82.1 Å².